The third-order valence-corrected chi connectivity index (χ3v) is 4.86. The van der Waals surface area contributed by atoms with Gasteiger partial charge in [-0.25, -0.2) is 9.59 Å². The molecule has 0 saturated carbocycles. The van der Waals surface area contributed by atoms with Gasteiger partial charge in [-0.15, -0.1) is 0 Å². The summed E-state index contributed by atoms with van der Waals surface area (Å²) in [6.45, 7) is 4.01. The molecule has 1 atom stereocenters. The molecule has 2 aliphatic heterocycles. The Bertz CT molecular complexity index is 836. The first-order valence-electron chi connectivity index (χ1n) is 7.60. The second kappa shape index (κ2) is 6.44. The number of carbonyl (C=O) groups excluding carboxylic acids is 2. The van der Waals surface area contributed by atoms with Crippen LogP contribution in [-0.4, -0.2) is 38.9 Å². The zero-order chi connectivity index (χ0) is 18.3. The number of carbonyl (C=O) groups is 2. The molecule has 2 aliphatic rings. The fourth-order valence-corrected chi connectivity index (χ4v) is 3.23. The number of esters is 2. The predicted molar refractivity (Wildman–Crippen MR) is 90.1 cm³/mol. The largest absolute Gasteiger partial charge is 0.489 e. The van der Waals surface area contributed by atoms with Gasteiger partial charge < -0.3 is 18.9 Å². The van der Waals surface area contributed by atoms with Gasteiger partial charge in [0.15, 0.2) is 6.10 Å². The second-order valence-electron chi connectivity index (χ2n) is 5.74. The van der Waals surface area contributed by atoms with E-state index < -0.39 is 18.0 Å². The maximum Gasteiger partial charge on any atom is 0.375 e. The Morgan fingerprint density at radius 3 is 2.64 bits per heavy atom. The topological polar surface area (TPSA) is 71.1 Å². The van der Waals surface area contributed by atoms with E-state index in [4.69, 9.17) is 30.5 Å². The lowest BCUT2D eigenvalue weighted by atomic mass is 9.95. The smallest absolute Gasteiger partial charge is 0.375 e. The van der Waals surface area contributed by atoms with Crippen molar-refractivity contribution in [3.8, 4) is 5.75 Å². The number of aryl methyl sites for hydroxylation is 1. The fraction of sp³-hybridized carbons (Fsp3) is 0.333. The van der Waals surface area contributed by atoms with Gasteiger partial charge in [-0.05, 0) is 31.0 Å². The summed E-state index contributed by atoms with van der Waals surface area (Å²) in [6.07, 6.45) is -1.00. The van der Waals surface area contributed by atoms with Crippen molar-refractivity contribution in [2.24, 2.45) is 0 Å². The molecule has 1 unspecified atom stereocenters. The molecule has 0 fully saturated rings. The summed E-state index contributed by atoms with van der Waals surface area (Å²) in [6, 6.07) is 3.77. The Morgan fingerprint density at radius 1 is 1.28 bits per heavy atom. The Labute approximate surface area is 150 Å². The molecule has 7 heteroatoms. The van der Waals surface area contributed by atoms with Gasteiger partial charge >= 0.3 is 11.9 Å². The number of hydrogen-bond donors (Lipinski definition) is 0. The summed E-state index contributed by atoms with van der Waals surface area (Å²) in [5.74, 6) is -0.945. The highest BCUT2D eigenvalue weighted by Gasteiger charge is 2.44. The average molecular weight is 365 g/mol. The molecule has 6 nitrogen and oxygen atoms in total. The molecule has 1 aromatic rings. The minimum absolute atomic E-state index is 0.0148. The lowest BCUT2D eigenvalue weighted by Crippen LogP contribution is -2.27. The van der Waals surface area contributed by atoms with Crippen molar-refractivity contribution in [1.29, 1.82) is 0 Å². The lowest BCUT2D eigenvalue weighted by molar-refractivity contribution is -0.141. The van der Waals surface area contributed by atoms with Crippen LogP contribution in [0.25, 0.3) is 5.03 Å². The molecule has 132 valence electrons. The second-order valence-corrected chi connectivity index (χ2v) is 6.11. The lowest BCUT2D eigenvalue weighted by Gasteiger charge is -2.26. The number of rotatable bonds is 3. The molecular weight excluding hydrogens is 348 g/mol. The first kappa shape index (κ1) is 17.4. The zero-order valence-electron chi connectivity index (χ0n) is 14.3. The van der Waals surface area contributed by atoms with Crippen LogP contribution in [0.4, 0.5) is 0 Å². The molecule has 1 aromatic carbocycles. The van der Waals surface area contributed by atoms with E-state index in [1.54, 1.807) is 0 Å². The van der Waals surface area contributed by atoms with Crippen LogP contribution in [0.5, 0.6) is 5.75 Å². The summed E-state index contributed by atoms with van der Waals surface area (Å²) in [5.41, 5.74) is 3.21. The highest BCUT2D eigenvalue weighted by molar-refractivity contribution is 6.50. The Hall–Kier alpha value is -2.47. The van der Waals surface area contributed by atoms with E-state index in [0.29, 0.717) is 21.9 Å². The Morgan fingerprint density at radius 2 is 2.00 bits per heavy atom. The van der Waals surface area contributed by atoms with Crippen LogP contribution in [0.15, 0.2) is 29.0 Å². The van der Waals surface area contributed by atoms with Crippen LogP contribution >= 0.6 is 11.6 Å². The van der Waals surface area contributed by atoms with E-state index in [1.165, 1.54) is 14.2 Å². The van der Waals surface area contributed by atoms with Crippen LogP contribution in [-0.2, 0) is 23.8 Å². The van der Waals surface area contributed by atoms with Gasteiger partial charge in [0.2, 0.25) is 5.76 Å². The van der Waals surface area contributed by atoms with E-state index in [2.05, 4.69) is 0 Å². The van der Waals surface area contributed by atoms with Gasteiger partial charge in [0.25, 0.3) is 0 Å². The normalized spacial score (nSPS) is 19.4. The maximum atomic E-state index is 12.1. The van der Waals surface area contributed by atoms with Crippen LogP contribution in [0.2, 0.25) is 0 Å². The van der Waals surface area contributed by atoms with Crippen LogP contribution in [0.3, 0.4) is 0 Å². The van der Waals surface area contributed by atoms with Crippen molar-refractivity contribution in [2.45, 2.75) is 20.0 Å². The van der Waals surface area contributed by atoms with Crippen molar-refractivity contribution in [1.82, 2.24) is 0 Å². The molecule has 0 amide bonds. The first-order valence-corrected chi connectivity index (χ1v) is 7.97. The number of methoxy groups -OCH3 is 2. The summed E-state index contributed by atoms with van der Waals surface area (Å²) in [7, 11) is 2.51. The fourth-order valence-electron chi connectivity index (χ4n) is 2.92. The monoisotopic (exact) mass is 364 g/mol. The van der Waals surface area contributed by atoms with Crippen molar-refractivity contribution < 1.29 is 28.5 Å². The molecule has 0 N–H and O–H groups in total. The van der Waals surface area contributed by atoms with Crippen molar-refractivity contribution in [3.63, 3.8) is 0 Å². The van der Waals surface area contributed by atoms with Crippen LogP contribution < -0.4 is 4.74 Å². The third kappa shape index (κ3) is 2.66. The summed E-state index contributed by atoms with van der Waals surface area (Å²) >= 11 is 6.56. The van der Waals surface area contributed by atoms with E-state index >= 15 is 0 Å². The molecule has 0 aliphatic carbocycles. The minimum atomic E-state index is -1.00. The highest BCUT2D eigenvalue weighted by Crippen LogP contribution is 2.42. The van der Waals surface area contributed by atoms with Gasteiger partial charge in [-0.2, -0.15) is 0 Å². The molecule has 2 heterocycles. The standard InChI is InChI=1S/C18H17ClO6/c1-8-5-6-10-13(19)11(7-24-14(10)9(8)2)15-12(17(20)23-4)16(22-3)18(21)25-15/h5-6,15H,7H2,1-4H3. The molecular formula is C18H17ClO6. The minimum Gasteiger partial charge on any atom is -0.489 e. The summed E-state index contributed by atoms with van der Waals surface area (Å²) in [4.78, 5) is 24.2. The molecule has 0 radical (unpaired) electrons. The quantitative estimate of drug-likeness (QED) is 0.768. The van der Waals surface area contributed by atoms with E-state index in [-0.39, 0.29) is 17.9 Å². The van der Waals surface area contributed by atoms with Gasteiger partial charge in [0.05, 0.1) is 19.3 Å². The maximum absolute atomic E-state index is 12.1. The summed E-state index contributed by atoms with van der Waals surface area (Å²) in [5, 5.41) is 0.390. The third-order valence-electron chi connectivity index (χ3n) is 4.41. The molecule has 0 bridgehead atoms. The van der Waals surface area contributed by atoms with Gasteiger partial charge in [-0.3, -0.25) is 0 Å². The Kier molecular flexibility index (Phi) is 4.47. The van der Waals surface area contributed by atoms with Crippen LogP contribution in [0, 0.1) is 13.8 Å². The van der Waals surface area contributed by atoms with E-state index in [0.717, 1.165) is 11.1 Å². The molecule has 25 heavy (non-hydrogen) atoms. The summed E-state index contributed by atoms with van der Waals surface area (Å²) < 4.78 is 20.9. The number of hydrogen-bond acceptors (Lipinski definition) is 6. The highest BCUT2D eigenvalue weighted by atomic mass is 35.5. The van der Waals surface area contributed by atoms with E-state index in [1.807, 2.05) is 26.0 Å². The number of halogens is 1. The van der Waals surface area contributed by atoms with Crippen LogP contribution in [0.1, 0.15) is 16.7 Å². The van der Waals surface area contributed by atoms with Crippen molar-refractivity contribution in [3.05, 3.63) is 45.7 Å². The molecule has 0 aromatic heterocycles. The van der Waals surface area contributed by atoms with Crippen molar-refractivity contribution in [2.75, 3.05) is 20.8 Å². The molecule has 3 rings (SSSR count). The van der Waals surface area contributed by atoms with Crippen molar-refractivity contribution >= 4 is 28.6 Å². The average Bonchev–Trinajstić information content (AvgIpc) is 2.94. The van der Waals surface area contributed by atoms with Gasteiger partial charge in [0, 0.05) is 11.1 Å². The number of benzene rings is 1. The number of ether oxygens (including phenoxy) is 4. The van der Waals surface area contributed by atoms with Gasteiger partial charge in [0.1, 0.15) is 17.9 Å². The molecule has 0 saturated heterocycles. The number of fused-ring (bicyclic) bond motifs is 1. The predicted octanol–water partition coefficient (Wildman–Crippen LogP) is 2.64. The first-order chi connectivity index (χ1) is 11.9. The number of cyclic esters (lactones) is 1. The Balaban J connectivity index is 2.12. The molecule has 0 spiro atoms. The van der Waals surface area contributed by atoms with Gasteiger partial charge in [-0.1, -0.05) is 17.7 Å². The zero-order valence-corrected chi connectivity index (χ0v) is 15.0. The van der Waals surface area contributed by atoms with E-state index in [9.17, 15) is 9.59 Å². The SMILES string of the molecule is COC(=O)C1=C(OC)C(=O)OC1C1=C(Cl)c2ccc(C)c(C)c2OC1.